The average Bonchev–Trinajstić information content (AvgIpc) is 2.46. The molecule has 15 heavy (non-hydrogen) atoms. The molecule has 0 aliphatic heterocycles. The molecule has 0 N–H and O–H groups in total. The summed E-state index contributed by atoms with van der Waals surface area (Å²) < 4.78 is 5.76. The van der Waals surface area contributed by atoms with Crippen LogP contribution < -0.4 is 0 Å². The van der Waals surface area contributed by atoms with E-state index >= 15 is 0 Å². The predicted molar refractivity (Wildman–Crippen MR) is 60.9 cm³/mol. The van der Waals surface area contributed by atoms with Gasteiger partial charge in [0.1, 0.15) is 11.5 Å². The molecule has 78 valence electrons. The van der Waals surface area contributed by atoms with Crippen molar-refractivity contribution in [2.75, 3.05) is 0 Å². The largest absolute Gasteiger partial charge is 0.461 e. The van der Waals surface area contributed by atoms with Crippen LogP contribution in [0.25, 0.3) is 11.3 Å². The van der Waals surface area contributed by atoms with Crippen LogP contribution in [0.1, 0.15) is 22.6 Å². The van der Waals surface area contributed by atoms with E-state index in [0.717, 1.165) is 22.8 Å². The minimum atomic E-state index is 0.968. The van der Waals surface area contributed by atoms with Crippen molar-refractivity contribution in [3.63, 3.8) is 0 Å². The summed E-state index contributed by atoms with van der Waals surface area (Å²) in [7, 11) is 0. The van der Waals surface area contributed by atoms with E-state index in [-0.39, 0.29) is 0 Å². The molecule has 2 aromatic heterocycles. The molecule has 0 fully saturated rings. The van der Waals surface area contributed by atoms with E-state index in [1.807, 2.05) is 32.2 Å². The van der Waals surface area contributed by atoms with Crippen molar-refractivity contribution in [2.45, 2.75) is 27.7 Å². The summed E-state index contributed by atoms with van der Waals surface area (Å²) in [6.07, 6.45) is 1.82. The van der Waals surface area contributed by atoms with Gasteiger partial charge in [0.25, 0.3) is 0 Å². The first-order valence-corrected chi connectivity index (χ1v) is 5.09. The highest BCUT2D eigenvalue weighted by atomic mass is 16.3. The zero-order valence-corrected chi connectivity index (χ0v) is 9.59. The molecule has 0 aliphatic rings. The van der Waals surface area contributed by atoms with Crippen LogP contribution in [0.15, 0.2) is 22.7 Å². The Morgan fingerprint density at radius 2 is 1.80 bits per heavy atom. The Hall–Kier alpha value is -1.57. The van der Waals surface area contributed by atoms with E-state index < -0.39 is 0 Å². The summed E-state index contributed by atoms with van der Waals surface area (Å²) in [5.74, 6) is 1.97. The van der Waals surface area contributed by atoms with Crippen molar-refractivity contribution in [1.29, 1.82) is 0 Å². The summed E-state index contributed by atoms with van der Waals surface area (Å²) in [5, 5.41) is 0. The number of hydrogen-bond acceptors (Lipinski definition) is 2. The predicted octanol–water partition coefficient (Wildman–Crippen LogP) is 3.58. The Morgan fingerprint density at radius 1 is 1.07 bits per heavy atom. The molecule has 2 heteroatoms. The molecule has 0 bridgehead atoms. The fourth-order valence-electron chi connectivity index (χ4n) is 1.70. The Morgan fingerprint density at radius 3 is 2.33 bits per heavy atom. The molecule has 0 amide bonds. The minimum Gasteiger partial charge on any atom is -0.461 e. The average molecular weight is 201 g/mol. The van der Waals surface area contributed by atoms with Gasteiger partial charge < -0.3 is 4.42 Å². The molecule has 0 saturated heterocycles. The van der Waals surface area contributed by atoms with Crippen LogP contribution in [0, 0.1) is 27.7 Å². The molecule has 0 atom stereocenters. The Balaban J connectivity index is 2.59. The van der Waals surface area contributed by atoms with Crippen LogP contribution in [0.4, 0.5) is 0 Å². The molecule has 2 aromatic rings. The van der Waals surface area contributed by atoms with E-state index in [1.165, 1.54) is 11.1 Å². The van der Waals surface area contributed by atoms with Crippen molar-refractivity contribution >= 4 is 0 Å². The topological polar surface area (TPSA) is 26.0 Å². The van der Waals surface area contributed by atoms with Gasteiger partial charge in [-0.2, -0.15) is 0 Å². The minimum absolute atomic E-state index is 0.968. The lowest BCUT2D eigenvalue weighted by molar-refractivity contribution is 0.544. The summed E-state index contributed by atoms with van der Waals surface area (Å²) in [6, 6.07) is 4.03. The summed E-state index contributed by atoms with van der Waals surface area (Å²) in [6.45, 7) is 8.17. The summed E-state index contributed by atoms with van der Waals surface area (Å²) in [4.78, 5) is 4.18. The fraction of sp³-hybridized carbons (Fsp3) is 0.308. The number of furan rings is 1. The van der Waals surface area contributed by atoms with Gasteiger partial charge in [-0.25, -0.2) is 0 Å². The van der Waals surface area contributed by atoms with Crippen LogP contribution in [0.2, 0.25) is 0 Å². The lowest BCUT2D eigenvalue weighted by atomic mass is 10.1. The highest BCUT2D eigenvalue weighted by molar-refractivity contribution is 5.63. The molecule has 2 nitrogen and oxygen atoms in total. The van der Waals surface area contributed by atoms with Crippen molar-refractivity contribution < 1.29 is 4.42 Å². The van der Waals surface area contributed by atoms with Crippen molar-refractivity contribution in [3.8, 4) is 11.3 Å². The SMILES string of the molecule is Cc1cc(-c2oc(C)c(C)c2C)ccn1. The number of hydrogen-bond donors (Lipinski definition) is 0. The maximum Gasteiger partial charge on any atom is 0.137 e. The van der Waals surface area contributed by atoms with Gasteiger partial charge in [0.15, 0.2) is 0 Å². The maximum absolute atomic E-state index is 5.76. The fourth-order valence-corrected chi connectivity index (χ4v) is 1.70. The van der Waals surface area contributed by atoms with E-state index in [0.29, 0.717) is 0 Å². The first-order chi connectivity index (χ1) is 7.09. The summed E-state index contributed by atoms with van der Waals surface area (Å²) in [5.41, 5.74) is 4.58. The van der Waals surface area contributed by atoms with Crippen molar-refractivity contribution in [2.24, 2.45) is 0 Å². The standard InChI is InChI=1S/C13H15NO/c1-8-7-12(5-6-14-8)13-10(3)9(2)11(4)15-13/h5-7H,1-4H3. The molecule has 0 spiro atoms. The van der Waals surface area contributed by atoms with Crippen LogP contribution in [-0.2, 0) is 0 Å². The Kier molecular flexibility index (Phi) is 2.35. The third-order valence-electron chi connectivity index (χ3n) is 2.85. The Labute approximate surface area is 90.0 Å². The first-order valence-electron chi connectivity index (χ1n) is 5.09. The lowest BCUT2D eigenvalue weighted by Crippen LogP contribution is -1.83. The quantitative estimate of drug-likeness (QED) is 0.704. The van der Waals surface area contributed by atoms with Crippen LogP contribution >= 0.6 is 0 Å². The van der Waals surface area contributed by atoms with Crippen LogP contribution in [0.3, 0.4) is 0 Å². The molecule has 2 rings (SSSR count). The molecule has 0 radical (unpaired) electrons. The molecular formula is C13H15NO. The van der Waals surface area contributed by atoms with Gasteiger partial charge in [-0.15, -0.1) is 0 Å². The normalized spacial score (nSPS) is 10.7. The highest BCUT2D eigenvalue weighted by Crippen LogP contribution is 2.29. The van der Waals surface area contributed by atoms with E-state index in [9.17, 15) is 0 Å². The monoisotopic (exact) mass is 201 g/mol. The summed E-state index contributed by atoms with van der Waals surface area (Å²) >= 11 is 0. The Bertz CT molecular complexity index is 497. The van der Waals surface area contributed by atoms with Gasteiger partial charge in [0, 0.05) is 17.5 Å². The smallest absolute Gasteiger partial charge is 0.137 e. The third-order valence-corrected chi connectivity index (χ3v) is 2.85. The molecule has 0 aliphatic carbocycles. The van der Waals surface area contributed by atoms with Gasteiger partial charge in [-0.3, -0.25) is 4.98 Å². The number of pyridine rings is 1. The molecule has 0 aromatic carbocycles. The lowest BCUT2D eigenvalue weighted by Gasteiger charge is -1.99. The number of aryl methyl sites for hydroxylation is 2. The van der Waals surface area contributed by atoms with Gasteiger partial charge in [-0.1, -0.05) is 0 Å². The molecular weight excluding hydrogens is 186 g/mol. The maximum atomic E-state index is 5.76. The number of rotatable bonds is 1. The van der Waals surface area contributed by atoms with E-state index in [4.69, 9.17) is 4.42 Å². The van der Waals surface area contributed by atoms with Gasteiger partial charge in [0.2, 0.25) is 0 Å². The second kappa shape index (κ2) is 3.54. The number of nitrogens with zero attached hydrogens (tertiary/aromatic N) is 1. The number of aromatic nitrogens is 1. The van der Waals surface area contributed by atoms with Gasteiger partial charge in [0.05, 0.1) is 0 Å². The van der Waals surface area contributed by atoms with E-state index in [2.05, 4.69) is 18.8 Å². The molecule has 0 saturated carbocycles. The van der Waals surface area contributed by atoms with Gasteiger partial charge in [-0.05, 0) is 51.0 Å². The first kappa shape index (κ1) is 9.97. The molecule has 2 heterocycles. The van der Waals surface area contributed by atoms with E-state index in [1.54, 1.807) is 0 Å². The highest BCUT2D eigenvalue weighted by Gasteiger charge is 2.12. The second-order valence-corrected chi connectivity index (χ2v) is 3.92. The zero-order valence-electron chi connectivity index (χ0n) is 9.59. The van der Waals surface area contributed by atoms with Crippen molar-refractivity contribution in [1.82, 2.24) is 4.98 Å². The third kappa shape index (κ3) is 1.67. The second-order valence-electron chi connectivity index (χ2n) is 3.92. The van der Waals surface area contributed by atoms with Crippen LogP contribution in [-0.4, -0.2) is 4.98 Å². The zero-order chi connectivity index (χ0) is 11.0. The molecule has 0 unspecified atom stereocenters. The van der Waals surface area contributed by atoms with Gasteiger partial charge >= 0.3 is 0 Å². The van der Waals surface area contributed by atoms with Crippen LogP contribution in [0.5, 0.6) is 0 Å². The van der Waals surface area contributed by atoms with Crippen molar-refractivity contribution in [3.05, 3.63) is 40.9 Å².